The third-order valence-electron chi connectivity index (χ3n) is 2.42. The van der Waals surface area contributed by atoms with Crippen LogP contribution in [0.25, 0.3) is 0 Å². The first-order chi connectivity index (χ1) is 5.51. The molecule has 1 saturated carbocycles. The summed E-state index contributed by atoms with van der Waals surface area (Å²) in [4.78, 5) is 0. The zero-order valence-electron chi connectivity index (χ0n) is 6.59. The highest BCUT2D eigenvalue weighted by atomic mass is 16.4. The van der Waals surface area contributed by atoms with E-state index in [0.29, 0.717) is 0 Å². The van der Waals surface area contributed by atoms with Crippen molar-refractivity contribution < 1.29 is 25.5 Å². The number of aliphatic hydroxyl groups excluding tert-OH is 4. The minimum absolute atomic E-state index is 0.0862. The predicted octanol–water partition coefficient (Wildman–Crippen LogP) is -2.41. The molecule has 5 N–H and O–H groups in total. The Labute approximate surface area is 69.9 Å². The summed E-state index contributed by atoms with van der Waals surface area (Å²) >= 11 is 0. The fourth-order valence-electron chi connectivity index (χ4n) is 1.42. The van der Waals surface area contributed by atoms with Crippen LogP contribution in [0.4, 0.5) is 0 Å². The van der Waals surface area contributed by atoms with E-state index >= 15 is 0 Å². The van der Waals surface area contributed by atoms with E-state index < -0.39 is 30.5 Å². The first-order valence-electron chi connectivity index (χ1n) is 3.89. The summed E-state index contributed by atoms with van der Waals surface area (Å²) in [6.07, 6.45) is -3.62. The molecule has 0 bridgehead atoms. The first kappa shape index (κ1) is 9.88. The highest BCUT2D eigenvalue weighted by Gasteiger charge is 2.46. The van der Waals surface area contributed by atoms with E-state index in [9.17, 15) is 10.2 Å². The van der Waals surface area contributed by atoms with Crippen molar-refractivity contribution in [3.63, 3.8) is 0 Å². The van der Waals surface area contributed by atoms with Crippen molar-refractivity contribution in [3.05, 3.63) is 0 Å². The number of rotatable bonds is 1. The molecule has 0 aliphatic heterocycles. The Balaban J connectivity index is 2.71. The van der Waals surface area contributed by atoms with Crippen LogP contribution < -0.4 is 0 Å². The van der Waals surface area contributed by atoms with Gasteiger partial charge in [0.05, 0.1) is 12.7 Å². The maximum Gasteiger partial charge on any atom is 0.116 e. The summed E-state index contributed by atoms with van der Waals surface area (Å²) in [5.74, 6) is 0. The smallest absolute Gasteiger partial charge is 0.116 e. The van der Waals surface area contributed by atoms with Gasteiger partial charge in [-0.15, -0.1) is 0 Å². The van der Waals surface area contributed by atoms with Crippen LogP contribution in [0.3, 0.4) is 0 Å². The van der Waals surface area contributed by atoms with E-state index in [4.69, 9.17) is 15.3 Å². The lowest BCUT2D eigenvalue weighted by Crippen LogP contribution is -2.59. The van der Waals surface area contributed by atoms with E-state index in [-0.39, 0.29) is 12.8 Å². The minimum atomic E-state index is -1.67. The second kappa shape index (κ2) is 3.27. The van der Waals surface area contributed by atoms with Crippen LogP contribution in [0.15, 0.2) is 0 Å². The number of hydrogen-bond donors (Lipinski definition) is 5. The monoisotopic (exact) mass is 178 g/mol. The van der Waals surface area contributed by atoms with E-state index in [1.54, 1.807) is 0 Å². The summed E-state index contributed by atoms with van der Waals surface area (Å²) in [5.41, 5.74) is -1.67. The normalized spacial score (nSPS) is 49.2. The molecule has 5 heteroatoms. The van der Waals surface area contributed by atoms with Crippen LogP contribution >= 0.6 is 0 Å². The van der Waals surface area contributed by atoms with E-state index in [1.807, 2.05) is 0 Å². The number of hydrogen-bond acceptors (Lipinski definition) is 5. The van der Waals surface area contributed by atoms with E-state index in [0.717, 1.165) is 0 Å². The van der Waals surface area contributed by atoms with Gasteiger partial charge in [-0.2, -0.15) is 0 Å². The average Bonchev–Trinajstić information content (AvgIpc) is 2.09. The third kappa shape index (κ3) is 1.46. The molecule has 72 valence electrons. The summed E-state index contributed by atoms with van der Waals surface area (Å²) in [6.45, 7) is -0.613. The molecule has 0 radical (unpaired) electrons. The maximum atomic E-state index is 9.47. The molecule has 0 heterocycles. The molecule has 4 atom stereocenters. The molecule has 0 aromatic heterocycles. The van der Waals surface area contributed by atoms with Crippen molar-refractivity contribution in [2.45, 2.75) is 36.8 Å². The minimum Gasteiger partial charge on any atom is -0.393 e. The lowest BCUT2D eigenvalue weighted by molar-refractivity contribution is -0.197. The van der Waals surface area contributed by atoms with Crippen molar-refractivity contribution in [2.75, 3.05) is 6.61 Å². The Morgan fingerprint density at radius 3 is 2.33 bits per heavy atom. The highest BCUT2D eigenvalue weighted by molar-refractivity contribution is 4.97. The molecule has 1 fully saturated rings. The van der Waals surface area contributed by atoms with Gasteiger partial charge >= 0.3 is 0 Å². The zero-order valence-corrected chi connectivity index (χ0v) is 6.59. The molecular weight excluding hydrogens is 164 g/mol. The van der Waals surface area contributed by atoms with Crippen molar-refractivity contribution in [2.24, 2.45) is 0 Å². The molecule has 1 aliphatic carbocycles. The van der Waals surface area contributed by atoms with Crippen LogP contribution in [0, 0.1) is 0 Å². The maximum absolute atomic E-state index is 9.47. The van der Waals surface area contributed by atoms with Crippen molar-refractivity contribution in [1.29, 1.82) is 0 Å². The van der Waals surface area contributed by atoms with Gasteiger partial charge in [0, 0.05) is 0 Å². The molecule has 0 saturated heterocycles. The van der Waals surface area contributed by atoms with Gasteiger partial charge in [-0.05, 0) is 12.8 Å². The molecule has 1 rings (SSSR count). The summed E-state index contributed by atoms with van der Waals surface area (Å²) in [7, 11) is 0. The van der Waals surface area contributed by atoms with Gasteiger partial charge in [0.15, 0.2) is 0 Å². The Hall–Kier alpha value is -0.200. The second-order valence-electron chi connectivity index (χ2n) is 3.30. The standard InChI is InChI=1S/C7H14O5/c8-3-7(12)2-1-4(9)5(10)6(7)11/h4-6,8-12H,1-3H2/t4-,5+,6-,7-/m0/s1. The van der Waals surface area contributed by atoms with Crippen LogP contribution in [-0.2, 0) is 0 Å². The van der Waals surface area contributed by atoms with E-state index in [1.165, 1.54) is 0 Å². The topological polar surface area (TPSA) is 101 Å². The quantitative estimate of drug-likeness (QED) is 0.308. The Bertz CT molecular complexity index is 162. The predicted molar refractivity (Wildman–Crippen MR) is 39.3 cm³/mol. The fraction of sp³-hybridized carbons (Fsp3) is 1.00. The van der Waals surface area contributed by atoms with Crippen molar-refractivity contribution in [1.82, 2.24) is 0 Å². The Morgan fingerprint density at radius 1 is 1.25 bits per heavy atom. The molecule has 1 aliphatic rings. The summed E-state index contributed by atoms with van der Waals surface area (Å²) < 4.78 is 0. The summed E-state index contributed by atoms with van der Waals surface area (Å²) in [5, 5.41) is 45.6. The van der Waals surface area contributed by atoms with Gasteiger partial charge in [0.25, 0.3) is 0 Å². The molecule has 0 aromatic carbocycles. The molecule has 12 heavy (non-hydrogen) atoms. The third-order valence-corrected chi connectivity index (χ3v) is 2.42. The van der Waals surface area contributed by atoms with Gasteiger partial charge < -0.3 is 25.5 Å². The Morgan fingerprint density at radius 2 is 1.83 bits per heavy atom. The van der Waals surface area contributed by atoms with Gasteiger partial charge in [-0.1, -0.05) is 0 Å². The first-order valence-corrected chi connectivity index (χ1v) is 3.89. The molecule has 0 amide bonds. The molecule has 0 unspecified atom stereocenters. The van der Waals surface area contributed by atoms with Crippen LogP contribution in [0.5, 0.6) is 0 Å². The molecule has 0 aromatic rings. The van der Waals surface area contributed by atoms with Crippen LogP contribution in [0.1, 0.15) is 12.8 Å². The van der Waals surface area contributed by atoms with E-state index in [2.05, 4.69) is 0 Å². The Kier molecular flexibility index (Phi) is 2.70. The lowest BCUT2D eigenvalue weighted by Gasteiger charge is -2.40. The second-order valence-corrected chi connectivity index (χ2v) is 3.30. The van der Waals surface area contributed by atoms with Crippen molar-refractivity contribution >= 4 is 0 Å². The van der Waals surface area contributed by atoms with Crippen LogP contribution in [-0.4, -0.2) is 56.1 Å². The van der Waals surface area contributed by atoms with Crippen molar-refractivity contribution in [3.8, 4) is 0 Å². The zero-order chi connectivity index (χ0) is 9.35. The van der Waals surface area contributed by atoms with Gasteiger partial charge in [0.1, 0.15) is 17.8 Å². The molecular formula is C7H14O5. The molecule has 5 nitrogen and oxygen atoms in total. The average molecular weight is 178 g/mol. The fourth-order valence-corrected chi connectivity index (χ4v) is 1.42. The number of aliphatic hydroxyl groups is 5. The highest BCUT2D eigenvalue weighted by Crippen LogP contribution is 2.28. The van der Waals surface area contributed by atoms with Crippen LogP contribution in [0.2, 0.25) is 0 Å². The lowest BCUT2D eigenvalue weighted by atomic mass is 9.79. The summed E-state index contributed by atoms with van der Waals surface area (Å²) in [6, 6.07) is 0. The SMILES string of the molecule is OC[C@@]1(O)CC[C@H](O)[C@@H](O)[C@@H]1O. The van der Waals surface area contributed by atoms with Gasteiger partial charge in [-0.25, -0.2) is 0 Å². The largest absolute Gasteiger partial charge is 0.393 e. The van der Waals surface area contributed by atoms with Gasteiger partial charge in [0.2, 0.25) is 0 Å². The molecule has 0 spiro atoms. The van der Waals surface area contributed by atoms with Gasteiger partial charge in [-0.3, -0.25) is 0 Å².